The summed E-state index contributed by atoms with van der Waals surface area (Å²) in [6.45, 7) is 4.15. The summed E-state index contributed by atoms with van der Waals surface area (Å²) in [5.74, 6) is -2.26. The second-order valence-electron chi connectivity index (χ2n) is 5.60. The van der Waals surface area contributed by atoms with Gasteiger partial charge in [-0.2, -0.15) is 10.2 Å². The van der Waals surface area contributed by atoms with Crippen molar-refractivity contribution in [3.63, 3.8) is 0 Å². The van der Waals surface area contributed by atoms with E-state index in [0.717, 1.165) is 12.1 Å². The van der Waals surface area contributed by atoms with E-state index < -0.39 is 17.4 Å². The Bertz CT molecular complexity index is 779. The SMILES string of the molecule is CC(C)CCOc1c(F)cc(-c2nc(N)nc(N)c2C#N)cc1F. The van der Waals surface area contributed by atoms with E-state index in [0.29, 0.717) is 12.3 Å². The quantitative estimate of drug-likeness (QED) is 0.870. The molecular weight excluding hydrogens is 316 g/mol. The highest BCUT2D eigenvalue weighted by molar-refractivity contribution is 5.73. The molecule has 6 nitrogen and oxygen atoms in total. The number of ether oxygens (including phenoxy) is 1. The molecule has 24 heavy (non-hydrogen) atoms. The number of halogens is 2. The van der Waals surface area contributed by atoms with E-state index in [9.17, 15) is 8.78 Å². The van der Waals surface area contributed by atoms with E-state index in [1.165, 1.54) is 0 Å². The maximum absolute atomic E-state index is 14.2. The summed E-state index contributed by atoms with van der Waals surface area (Å²) in [6.07, 6.45) is 0.665. The van der Waals surface area contributed by atoms with Gasteiger partial charge in [-0.25, -0.2) is 13.8 Å². The topological polar surface area (TPSA) is 111 Å². The summed E-state index contributed by atoms with van der Waals surface area (Å²) in [7, 11) is 0. The van der Waals surface area contributed by atoms with Crippen molar-refractivity contribution in [1.29, 1.82) is 5.26 Å². The largest absolute Gasteiger partial charge is 0.488 e. The molecule has 0 aliphatic rings. The Labute approximate surface area is 138 Å². The molecule has 0 aliphatic carbocycles. The highest BCUT2D eigenvalue weighted by atomic mass is 19.1. The molecule has 0 aliphatic heterocycles. The molecular formula is C16H17F2N5O. The van der Waals surface area contributed by atoms with Crippen molar-refractivity contribution in [1.82, 2.24) is 9.97 Å². The smallest absolute Gasteiger partial charge is 0.222 e. The number of hydrogen-bond donors (Lipinski definition) is 2. The lowest BCUT2D eigenvalue weighted by Gasteiger charge is -2.12. The van der Waals surface area contributed by atoms with E-state index >= 15 is 0 Å². The molecule has 8 heteroatoms. The Morgan fingerprint density at radius 2 is 1.83 bits per heavy atom. The molecule has 1 heterocycles. The number of rotatable bonds is 5. The normalized spacial score (nSPS) is 10.7. The summed E-state index contributed by atoms with van der Waals surface area (Å²) in [5, 5.41) is 9.15. The fraction of sp³-hybridized carbons (Fsp3) is 0.312. The van der Waals surface area contributed by atoms with Gasteiger partial charge in [-0.15, -0.1) is 0 Å². The molecule has 1 aromatic carbocycles. The summed E-state index contributed by atoms with van der Waals surface area (Å²) in [5.41, 5.74) is 11.0. The molecule has 4 N–H and O–H groups in total. The van der Waals surface area contributed by atoms with Gasteiger partial charge in [-0.1, -0.05) is 13.8 Å². The summed E-state index contributed by atoms with van der Waals surface area (Å²) in [6, 6.07) is 3.86. The van der Waals surface area contributed by atoms with Crippen molar-refractivity contribution in [2.24, 2.45) is 5.92 Å². The summed E-state index contributed by atoms with van der Waals surface area (Å²) in [4.78, 5) is 7.52. The lowest BCUT2D eigenvalue weighted by molar-refractivity contribution is 0.263. The zero-order valence-electron chi connectivity index (χ0n) is 13.3. The number of nitrogen functional groups attached to an aromatic ring is 2. The molecule has 0 unspecified atom stereocenters. The first-order valence-electron chi connectivity index (χ1n) is 7.28. The number of aromatic nitrogens is 2. The van der Waals surface area contributed by atoms with Gasteiger partial charge >= 0.3 is 0 Å². The van der Waals surface area contributed by atoms with Crippen molar-refractivity contribution >= 4 is 11.8 Å². The van der Waals surface area contributed by atoms with Crippen molar-refractivity contribution in [3.8, 4) is 23.1 Å². The molecule has 0 saturated heterocycles. The molecule has 0 saturated carbocycles. The van der Waals surface area contributed by atoms with Gasteiger partial charge in [-0.3, -0.25) is 0 Å². The minimum Gasteiger partial charge on any atom is -0.488 e. The lowest BCUT2D eigenvalue weighted by atomic mass is 10.1. The molecule has 2 rings (SSSR count). The van der Waals surface area contributed by atoms with Gasteiger partial charge in [0, 0.05) is 5.56 Å². The average Bonchev–Trinajstić information content (AvgIpc) is 2.48. The maximum Gasteiger partial charge on any atom is 0.222 e. The van der Waals surface area contributed by atoms with Gasteiger partial charge in [0.25, 0.3) is 0 Å². The van der Waals surface area contributed by atoms with Crippen LogP contribution >= 0.6 is 0 Å². The summed E-state index contributed by atoms with van der Waals surface area (Å²) < 4.78 is 33.6. The Morgan fingerprint density at radius 1 is 1.21 bits per heavy atom. The van der Waals surface area contributed by atoms with Crippen LogP contribution in [0.4, 0.5) is 20.5 Å². The van der Waals surface area contributed by atoms with E-state index in [1.54, 1.807) is 0 Å². The van der Waals surface area contributed by atoms with E-state index in [1.807, 2.05) is 19.9 Å². The second-order valence-corrected chi connectivity index (χ2v) is 5.60. The summed E-state index contributed by atoms with van der Waals surface area (Å²) >= 11 is 0. The monoisotopic (exact) mass is 333 g/mol. The fourth-order valence-electron chi connectivity index (χ4n) is 2.05. The lowest BCUT2D eigenvalue weighted by Crippen LogP contribution is -2.07. The molecule has 0 bridgehead atoms. The standard InChI is InChI=1S/C16H17F2N5O/c1-8(2)3-4-24-14-11(17)5-9(6-12(14)18)13-10(7-19)15(20)23-16(21)22-13/h5-6,8H,3-4H2,1-2H3,(H4,20,21,22,23). The van der Waals surface area contributed by atoms with Gasteiger partial charge in [0.2, 0.25) is 5.95 Å². The zero-order chi connectivity index (χ0) is 17.9. The Morgan fingerprint density at radius 3 is 2.38 bits per heavy atom. The number of nitriles is 1. The molecule has 126 valence electrons. The van der Waals surface area contributed by atoms with Gasteiger partial charge in [0.1, 0.15) is 17.5 Å². The van der Waals surface area contributed by atoms with Crippen LogP contribution in [0.3, 0.4) is 0 Å². The van der Waals surface area contributed by atoms with Crippen LogP contribution in [0.15, 0.2) is 12.1 Å². The third-order valence-corrected chi connectivity index (χ3v) is 3.28. The van der Waals surface area contributed by atoms with Crippen molar-refractivity contribution in [2.45, 2.75) is 20.3 Å². The minimum absolute atomic E-state index is 0.0264. The number of benzene rings is 1. The van der Waals surface area contributed by atoms with Crippen LogP contribution in [0.1, 0.15) is 25.8 Å². The van der Waals surface area contributed by atoms with E-state index in [2.05, 4.69) is 9.97 Å². The van der Waals surface area contributed by atoms with Crippen LogP contribution in [0, 0.1) is 28.9 Å². The van der Waals surface area contributed by atoms with Crippen molar-refractivity contribution in [3.05, 3.63) is 29.3 Å². The van der Waals surface area contributed by atoms with Crippen LogP contribution in [0.25, 0.3) is 11.3 Å². The highest BCUT2D eigenvalue weighted by Gasteiger charge is 2.19. The molecule has 0 spiro atoms. The molecule has 0 amide bonds. The Balaban J connectivity index is 2.43. The second kappa shape index (κ2) is 7.08. The van der Waals surface area contributed by atoms with Crippen LogP contribution < -0.4 is 16.2 Å². The highest BCUT2D eigenvalue weighted by Crippen LogP contribution is 2.31. The first kappa shape index (κ1) is 17.4. The van der Waals surface area contributed by atoms with Crippen LogP contribution in [0.2, 0.25) is 0 Å². The maximum atomic E-state index is 14.2. The predicted octanol–water partition coefficient (Wildman–Crippen LogP) is 2.88. The first-order valence-corrected chi connectivity index (χ1v) is 7.28. The average molecular weight is 333 g/mol. The van der Waals surface area contributed by atoms with E-state index in [-0.39, 0.29) is 35.2 Å². The van der Waals surface area contributed by atoms with Gasteiger partial charge in [0.15, 0.2) is 17.4 Å². The number of nitrogens with zero attached hydrogens (tertiary/aromatic N) is 3. The molecule has 2 aromatic rings. The van der Waals surface area contributed by atoms with Crippen LogP contribution in [-0.4, -0.2) is 16.6 Å². The number of hydrogen-bond acceptors (Lipinski definition) is 6. The fourth-order valence-corrected chi connectivity index (χ4v) is 2.05. The van der Waals surface area contributed by atoms with Crippen molar-refractivity contribution in [2.75, 3.05) is 18.1 Å². The van der Waals surface area contributed by atoms with Crippen LogP contribution in [-0.2, 0) is 0 Å². The molecule has 0 atom stereocenters. The molecule has 0 radical (unpaired) electrons. The number of nitrogens with two attached hydrogens (primary N) is 2. The van der Waals surface area contributed by atoms with Crippen LogP contribution in [0.5, 0.6) is 5.75 Å². The molecule has 1 aromatic heterocycles. The Kier molecular flexibility index (Phi) is 5.14. The third-order valence-electron chi connectivity index (χ3n) is 3.28. The van der Waals surface area contributed by atoms with Gasteiger partial charge in [-0.05, 0) is 24.5 Å². The van der Waals surface area contributed by atoms with E-state index in [4.69, 9.17) is 21.5 Å². The first-order chi connectivity index (χ1) is 11.3. The minimum atomic E-state index is -0.895. The van der Waals surface area contributed by atoms with Gasteiger partial charge in [0.05, 0.1) is 12.3 Å². The Hall–Kier alpha value is -2.95. The third kappa shape index (κ3) is 3.68. The van der Waals surface area contributed by atoms with Gasteiger partial charge < -0.3 is 16.2 Å². The number of anilines is 2. The van der Waals surface area contributed by atoms with Crippen molar-refractivity contribution < 1.29 is 13.5 Å². The zero-order valence-corrected chi connectivity index (χ0v) is 13.3. The molecule has 0 fully saturated rings. The predicted molar refractivity (Wildman–Crippen MR) is 85.9 cm³/mol.